The first kappa shape index (κ1) is 20.4. The highest BCUT2D eigenvalue weighted by molar-refractivity contribution is 9.10. The number of H-pyrrole nitrogens is 1. The Kier molecular flexibility index (Phi) is 5.21. The highest BCUT2D eigenvalue weighted by Crippen LogP contribution is 2.43. The normalized spacial score (nSPS) is 20.2. The third-order valence-electron chi connectivity index (χ3n) is 5.48. The number of halogens is 5. The van der Waals surface area contributed by atoms with Crippen LogP contribution in [0, 0.1) is 11.6 Å². The molecule has 154 valence electrons. The van der Waals surface area contributed by atoms with Crippen LogP contribution in [0.25, 0.3) is 10.9 Å². The third kappa shape index (κ3) is 3.58. The summed E-state index contributed by atoms with van der Waals surface area (Å²) in [5.74, 6) is -5.05. The van der Waals surface area contributed by atoms with Crippen molar-refractivity contribution in [2.45, 2.75) is 31.4 Å². The molecule has 2 N–H and O–H groups in total. The summed E-state index contributed by atoms with van der Waals surface area (Å²) in [7, 11) is 0. The fourth-order valence-corrected chi connectivity index (χ4v) is 4.60. The van der Waals surface area contributed by atoms with E-state index in [0.29, 0.717) is 12.1 Å². The standard InChI is InChI=1S/C21H19BrF4N2O/c1-11-6-14-13-4-2-3-5-17(13)27-19(14)20(28(11)9-21(25,26)10-29)18-15(23)7-12(22)8-16(18)24/h2-5,7-8,11,20,27,29H,6,9-10H2,1H3/t11-,20-/m1/s1. The van der Waals surface area contributed by atoms with Crippen LogP contribution in [0.15, 0.2) is 40.9 Å². The second kappa shape index (κ2) is 7.41. The van der Waals surface area contributed by atoms with E-state index in [9.17, 15) is 17.6 Å². The van der Waals surface area contributed by atoms with Crippen molar-refractivity contribution in [2.75, 3.05) is 13.2 Å². The summed E-state index contributed by atoms with van der Waals surface area (Å²) in [5.41, 5.74) is 1.85. The quantitative estimate of drug-likeness (QED) is 0.516. The highest BCUT2D eigenvalue weighted by Gasteiger charge is 2.43. The van der Waals surface area contributed by atoms with Crippen LogP contribution in [-0.4, -0.2) is 40.1 Å². The van der Waals surface area contributed by atoms with Gasteiger partial charge < -0.3 is 10.1 Å². The number of benzene rings is 2. The molecule has 3 nitrogen and oxygen atoms in total. The Morgan fingerprint density at radius 2 is 1.86 bits per heavy atom. The monoisotopic (exact) mass is 470 g/mol. The Hall–Kier alpha value is -1.90. The lowest BCUT2D eigenvalue weighted by Gasteiger charge is -2.42. The fourth-order valence-electron chi connectivity index (χ4n) is 4.20. The van der Waals surface area contributed by atoms with E-state index < -0.39 is 42.8 Å². The molecule has 0 spiro atoms. The first-order chi connectivity index (χ1) is 13.7. The predicted octanol–water partition coefficient (Wildman–Crippen LogP) is 5.17. The lowest BCUT2D eigenvalue weighted by atomic mass is 9.88. The highest BCUT2D eigenvalue weighted by atomic mass is 79.9. The molecule has 0 amide bonds. The third-order valence-corrected chi connectivity index (χ3v) is 5.94. The van der Waals surface area contributed by atoms with E-state index in [2.05, 4.69) is 20.9 Å². The van der Waals surface area contributed by atoms with Crippen LogP contribution in [0.3, 0.4) is 0 Å². The number of aromatic amines is 1. The molecule has 0 bridgehead atoms. The number of alkyl halides is 2. The predicted molar refractivity (Wildman–Crippen MR) is 106 cm³/mol. The molecule has 8 heteroatoms. The molecular formula is C21H19BrF4N2O. The number of rotatable bonds is 4. The van der Waals surface area contributed by atoms with Gasteiger partial charge in [-0.2, -0.15) is 0 Å². The Morgan fingerprint density at radius 1 is 1.21 bits per heavy atom. The zero-order valence-corrected chi connectivity index (χ0v) is 17.1. The van der Waals surface area contributed by atoms with Crippen LogP contribution in [0.4, 0.5) is 17.6 Å². The molecule has 2 atom stereocenters. The van der Waals surface area contributed by atoms with E-state index in [0.717, 1.165) is 28.6 Å². The van der Waals surface area contributed by atoms with Gasteiger partial charge in [0.1, 0.15) is 18.2 Å². The Balaban J connectivity index is 1.96. The number of nitrogens with zero attached hydrogens (tertiary/aromatic N) is 1. The summed E-state index contributed by atoms with van der Waals surface area (Å²) < 4.78 is 58.3. The Labute approximate surface area is 173 Å². The number of fused-ring (bicyclic) bond motifs is 3. The van der Waals surface area contributed by atoms with Gasteiger partial charge in [-0.1, -0.05) is 34.1 Å². The molecule has 1 aliphatic rings. The van der Waals surface area contributed by atoms with Gasteiger partial charge >= 0.3 is 0 Å². The van der Waals surface area contributed by atoms with Gasteiger partial charge in [0, 0.05) is 32.7 Å². The van der Waals surface area contributed by atoms with Crippen molar-refractivity contribution in [3.05, 3.63) is 69.3 Å². The van der Waals surface area contributed by atoms with E-state index >= 15 is 0 Å². The van der Waals surface area contributed by atoms with Gasteiger partial charge in [-0.15, -0.1) is 0 Å². The molecular weight excluding hydrogens is 452 g/mol. The molecule has 0 radical (unpaired) electrons. The SMILES string of the molecule is C[C@@H]1Cc2c([nH]c3ccccc23)[C@@H](c2c(F)cc(Br)cc2F)N1CC(F)(F)CO. The summed E-state index contributed by atoms with van der Waals surface area (Å²) in [4.78, 5) is 4.56. The molecule has 0 fully saturated rings. The number of nitrogens with one attached hydrogen (secondary N) is 1. The smallest absolute Gasteiger partial charge is 0.283 e. The van der Waals surface area contributed by atoms with E-state index in [1.54, 1.807) is 6.92 Å². The maximum atomic E-state index is 14.9. The summed E-state index contributed by atoms with van der Waals surface area (Å²) in [6, 6.07) is 8.20. The van der Waals surface area contributed by atoms with E-state index in [4.69, 9.17) is 5.11 Å². The van der Waals surface area contributed by atoms with Crippen molar-refractivity contribution in [1.82, 2.24) is 9.88 Å². The molecule has 3 aromatic rings. The zero-order chi connectivity index (χ0) is 20.9. The molecule has 29 heavy (non-hydrogen) atoms. The largest absolute Gasteiger partial charge is 0.390 e. The summed E-state index contributed by atoms with van der Waals surface area (Å²) >= 11 is 3.06. The van der Waals surface area contributed by atoms with Gasteiger partial charge in [0.2, 0.25) is 0 Å². The fraction of sp³-hybridized carbons (Fsp3) is 0.333. The molecule has 4 rings (SSSR count). The number of para-hydroxylation sites is 1. The van der Waals surface area contributed by atoms with Crippen molar-refractivity contribution >= 4 is 26.8 Å². The minimum atomic E-state index is -3.40. The molecule has 0 unspecified atom stereocenters. The number of aliphatic hydroxyl groups is 1. The van der Waals surface area contributed by atoms with Crippen LogP contribution in [0.1, 0.15) is 29.8 Å². The van der Waals surface area contributed by atoms with Gasteiger partial charge in [0.25, 0.3) is 5.92 Å². The zero-order valence-electron chi connectivity index (χ0n) is 15.5. The van der Waals surface area contributed by atoms with Crippen LogP contribution in [0.2, 0.25) is 0 Å². The number of aliphatic hydroxyl groups excluding tert-OH is 1. The van der Waals surface area contributed by atoms with E-state index in [1.165, 1.54) is 4.90 Å². The Bertz CT molecular complexity index is 1050. The molecule has 1 aliphatic heterocycles. The van der Waals surface area contributed by atoms with Crippen LogP contribution in [0.5, 0.6) is 0 Å². The average Bonchev–Trinajstić information content (AvgIpc) is 3.01. The minimum Gasteiger partial charge on any atom is -0.390 e. The lowest BCUT2D eigenvalue weighted by molar-refractivity contribution is -0.0869. The summed E-state index contributed by atoms with van der Waals surface area (Å²) in [5, 5.41) is 9.99. The Morgan fingerprint density at radius 3 is 2.52 bits per heavy atom. The maximum Gasteiger partial charge on any atom is 0.283 e. The van der Waals surface area contributed by atoms with Crippen molar-refractivity contribution in [1.29, 1.82) is 0 Å². The van der Waals surface area contributed by atoms with E-state index in [-0.39, 0.29) is 10.0 Å². The van der Waals surface area contributed by atoms with Crippen molar-refractivity contribution in [3.63, 3.8) is 0 Å². The van der Waals surface area contributed by atoms with Crippen molar-refractivity contribution < 1.29 is 22.7 Å². The van der Waals surface area contributed by atoms with Crippen LogP contribution in [-0.2, 0) is 6.42 Å². The van der Waals surface area contributed by atoms with Gasteiger partial charge in [-0.3, -0.25) is 4.90 Å². The molecule has 0 saturated carbocycles. The molecule has 0 aliphatic carbocycles. The summed E-state index contributed by atoms with van der Waals surface area (Å²) in [6.07, 6.45) is 0.442. The molecule has 2 aromatic carbocycles. The number of hydrogen-bond donors (Lipinski definition) is 2. The second-order valence-corrected chi connectivity index (χ2v) is 8.40. The second-order valence-electron chi connectivity index (χ2n) is 7.49. The summed E-state index contributed by atoms with van der Waals surface area (Å²) in [6.45, 7) is -0.410. The minimum absolute atomic E-state index is 0.226. The first-order valence-electron chi connectivity index (χ1n) is 9.20. The van der Waals surface area contributed by atoms with Crippen LogP contribution < -0.4 is 0 Å². The van der Waals surface area contributed by atoms with Gasteiger partial charge in [0.05, 0.1) is 12.6 Å². The maximum absolute atomic E-state index is 14.9. The van der Waals surface area contributed by atoms with Crippen molar-refractivity contribution in [2.24, 2.45) is 0 Å². The molecule has 1 aromatic heterocycles. The van der Waals surface area contributed by atoms with E-state index in [1.807, 2.05) is 24.3 Å². The average molecular weight is 471 g/mol. The number of hydrogen-bond acceptors (Lipinski definition) is 2. The lowest BCUT2D eigenvalue weighted by Crippen LogP contribution is -2.49. The number of aromatic nitrogens is 1. The van der Waals surface area contributed by atoms with Crippen molar-refractivity contribution in [3.8, 4) is 0 Å². The molecule has 2 heterocycles. The van der Waals surface area contributed by atoms with Gasteiger partial charge in [-0.25, -0.2) is 17.6 Å². The van der Waals surface area contributed by atoms with Crippen LogP contribution >= 0.6 is 15.9 Å². The topological polar surface area (TPSA) is 39.3 Å². The first-order valence-corrected chi connectivity index (χ1v) is 9.99. The van der Waals surface area contributed by atoms with Gasteiger partial charge in [-0.05, 0) is 37.1 Å². The molecule has 0 saturated heterocycles. The van der Waals surface area contributed by atoms with Gasteiger partial charge in [0.15, 0.2) is 0 Å².